The van der Waals surface area contributed by atoms with E-state index in [0.717, 1.165) is 0 Å². The highest BCUT2D eigenvalue weighted by Crippen LogP contribution is 2.33. The Morgan fingerprint density at radius 3 is 2.33 bits per heavy atom. The summed E-state index contributed by atoms with van der Waals surface area (Å²) in [5.74, 6) is -5.72. The Labute approximate surface area is 77.3 Å². The van der Waals surface area contributed by atoms with Gasteiger partial charge in [0.25, 0.3) is 0 Å². The molecule has 1 heterocycles. The van der Waals surface area contributed by atoms with E-state index < -0.39 is 18.2 Å². The number of halogens is 5. The van der Waals surface area contributed by atoms with E-state index >= 15 is 0 Å². The van der Waals surface area contributed by atoms with Crippen LogP contribution in [-0.2, 0) is 5.92 Å². The van der Waals surface area contributed by atoms with Gasteiger partial charge in [0.05, 0.1) is 0 Å². The number of hydrogen-bond acceptors (Lipinski definition) is 3. The lowest BCUT2D eigenvalue weighted by molar-refractivity contribution is -0.152. The van der Waals surface area contributed by atoms with Crippen molar-refractivity contribution in [2.75, 3.05) is 0 Å². The van der Waals surface area contributed by atoms with Gasteiger partial charge in [-0.15, -0.1) is 0 Å². The Morgan fingerprint density at radius 2 is 2.00 bits per heavy atom. The van der Waals surface area contributed by atoms with Gasteiger partial charge >= 0.3 is 18.2 Å². The van der Waals surface area contributed by atoms with Crippen LogP contribution in [0.15, 0.2) is 4.52 Å². The molecule has 0 aliphatic heterocycles. The van der Waals surface area contributed by atoms with Gasteiger partial charge in [0.15, 0.2) is 0 Å². The SMILES string of the molecule is FC(F)C(F)(F)c1nc(I)no1. The maximum atomic E-state index is 12.3. The molecule has 0 aromatic carbocycles. The van der Waals surface area contributed by atoms with E-state index in [2.05, 4.69) is 14.7 Å². The minimum atomic E-state index is -4.36. The van der Waals surface area contributed by atoms with Gasteiger partial charge in [-0.3, -0.25) is 0 Å². The summed E-state index contributed by atoms with van der Waals surface area (Å²) in [6.45, 7) is 0. The maximum absolute atomic E-state index is 12.3. The van der Waals surface area contributed by atoms with Crippen molar-refractivity contribution in [1.29, 1.82) is 0 Å². The molecule has 1 aromatic heterocycles. The summed E-state index contributed by atoms with van der Waals surface area (Å²) in [7, 11) is 0. The first-order valence-electron chi connectivity index (χ1n) is 2.60. The molecule has 0 aliphatic rings. The zero-order valence-electron chi connectivity index (χ0n) is 5.27. The van der Waals surface area contributed by atoms with Gasteiger partial charge in [-0.25, -0.2) is 8.78 Å². The molecule has 0 saturated carbocycles. The fourth-order valence-electron chi connectivity index (χ4n) is 0.434. The first kappa shape index (κ1) is 9.68. The second-order valence-corrected chi connectivity index (χ2v) is 2.76. The Morgan fingerprint density at radius 1 is 1.42 bits per heavy atom. The van der Waals surface area contributed by atoms with Crippen molar-refractivity contribution in [3.63, 3.8) is 0 Å². The molecule has 0 radical (unpaired) electrons. The van der Waals surface area contributed by atoms with Crippen LogP contribution < -0.4 is 0 Å². The van der Waals surface area contributed by atoms with Crippen LogP contribution in [0.5, 0.6) is 0 Å². The van der Waals surface area contributed by atoms with Crippen molar-refractivity contribution >= 4 is 22.6 Å². The van der Waals surface area contributed by atoms with E-state index in [4.69, 9.17) is 0 Å². The Kier molecular flexibility index (Phi) is 2.54. The Balaban J connectivity index is 2.97. The molecule has 3 nitrogen and oxygen atoms in total. The Bertz CT molecular complexity index is 276. The van der Waals surface area contributed by atoms with Crippen molar-refractivity contribution in [2.45, 2.75) is 12.3 Å². The molecule has 0 amide bonds. The molecule has 68 valence electrons. The molecule has 0 N–H and O–H groups in total. The van der Waals surface area contributed by atoms with Crippen LogP contribution in [0.4, 0.5) is 17.6 Å². The van der Waals surface area contributed by atoms with Crippen molar-refractivity contribution in [1.82, 2.24) is 10.1 Å². The molecule has 0 saturated heterocycles. The predicted molar refractivity (Wildman–Crippen MR) is 36.9 cm³/mol. The van der Waals surface area contributed by atoms with Gasteiger partial charge in [-0.1, -0.05) is 5.16 Å². The average Bonchev–Trinajstić information content (AvgIpc) is 2.35. The zero-order valence-corrected chi connectivity index (χ0v) is 7.43. The zero-order chi connectivity index (χ0) is 9.35. The highest BCUT2D eigenvalue weighted by Gasteiger charge is 2.48. The van der Waals surface area contributed by atoms with Gasteiger partial charge in [0, 0.05) is 22.6 Å². The summed E-state index contributed by atoms with van der Waals surface area (Å²) in [6, 6.07) is 0. The van der Waals surface area contributed by atoms with E-state index in [0.29, 0.717) is 0 Å². The molecule has 0 fully saturated rings. The van der Waals surface area contributed by atoms with Gasteiger partial charge in [-0.05, 0) is 0 Å². The third kappa shape index (κ3) is 1.67. The smallest absolute Gasteiger partial charge is 0.331 e. The Hall–Kier alpha value is -0.410. The average molecular weight is 296 g/mol. The van der Waals surface area contributed by atoms with Crippen LogP contribution in [-0.4, -0.2) is 16.6 Å². The van der Waals surface area contributed by atoms with Crippen LogP contribution in [0.1, 0.15) is 5.89 Å². The molecule has 0 aliphatic carbocycles. The first-order chi connectivity index (χ1) is 5.44. The van der Waals surface area contributed by atoms with E-state index in [-0.39, 0.29) is 3.83 Å². The van der Waals surface area contributed by atoms with Crippen molar-refractivity contribution in [3.8, 4) is 0 Å². The minimum absolute atomic E-state index is 0.136. The van der Waals surface area contributed by atoms with Crippen molar-refractivity contribution in [3.05, 3.63) is 9.72 Å². The second kappa shape index (κ2) is 3.15. The largest absolute Gasteiger partial charge is 0.383 e. The topological polar surface area (TPSA) is 38.9 Å². The highest BCUT2D eigenvalue weighted by atomic mass is 127. The van der Waals surface area contributed by atoms with E-state index in [1.54, 1.807) is 0 Å². The fraction of sp³-hybridized carbons (Fsp3) is 0.500. The molecule has 0 spiro atoms. The normalized spacial score (nSPS) is 12.5. The monoisotopic (exact) mass is 296 g/mol. The van der Waals surface area contributed by atoms with Gasteiger partial charge in [-0.2, -0.15) is 13.8 Å². The number of aromatic nitrogens is 2. The minimum Gasteiger partial charge on any atom is -0.331 e. The summed E-state index contributed by atoms with van der Waals surface area (Å²) >= 11 is 1.47. The summed E-state index contributed by atoms with van der Waals surface area (Å²) < 4.78 is 51.7. The summed E-state index contributed by atoms with van der Waals surface area (Å²) in [6.07, 6.45) is -3.84. The number of alkyl halides is 4. The lowest BCUT2D eigenvalue weighted by atomic mass is 10.3. The van der Waals surface area contributed by atoms with Gasteiger partial charge in [0.1, 0.15) is 0 Å². The molecular weight excluding hydrogens is 295 g/mol. The first-order valence-corrected chi connectivity index (χ1v) is 3.68. The maximum Gasteiger partial charge on any atom is 0.383 e. The quantitative estimate of drug-likeness (QED) is 0.619. The van der Waals surface area contributed by atoms with Crippen LogP contribution in [0.2, 0.25) is 0 Å². The van der Waals surface area contributed by atoms with Gasteiger partial charge < -0.3 is 4.52 Å². The third-order valence-corrected chi connectivity index (χ3v) is 1.40. The van der Waals surface area contributed by atoms with E-state index in [9.17, 15) is 17.6 Å². The van der Waals surface area contributed by atoms with Crippen molar-refractivity contribution < 1.29 is 22.1 Å². The van der Waals surface area contributed by atoms with E-state index in [1.165, 1.54) is 22.6 Å². The van der Waals surface area contributed by atoms with Crippen LogP contribution >= 0.6 is 22.6 Å². The third-order valence-electron chi connectivity index (χ3n) is 0.960. The molecule has 8 heteroatoms. The molecule has 12 heavy (non-hydrogen) atoms. The summed E-state index contributed by atoms with van der Waals surface area (Å²) in [4.78, 5) is 2.98. The number of hydrogen-bond donors (Lipinski definition) is 0. The van der Waals surface area contributed by atoms with Crippen LogP contribution in [0, 0.1) is 3.83 Å². The highest BCUT2D eigenvalue weighted by molar-refractivity contribution is 14.1. The molecule has 0 atom stereocenters. The molecule has 1 aromatic rings. The predicted octanol–water partition coefficient (Wildman–Crippen LogP) is 2.03. The molecule has 1 rings (SSSR count). The standard InChI is InChI=1S/C4HF4IN2O/c5-1(6)4(7,8)2-10-3(9)11-12-2/h1H. The molecule has 0 bridgehead atoms. The summed E-state index contributed by atoms with van der Waals surface area (Å²) in [5.41, 5.74) is 0. The number of rotatable bonds is 2. The lowest BCUT2D eigenvalue weighted by Crippen LogP contribution is -2.23. The number of nitrogens with zero attached hydrogens (tertiary/aromatic N) is 2. The lowest BCUT2D eigenvalue weighted by Gasteiger charge is -2.08. The second-order valence-electron chi connectivity index (χ2n) is 1.79. The molecular formula is C4HF4IN2O. The van der Waals surface area contributed by atoms with Crippen molar-refractivity contribution in [2.24, 2.45) is 0 Å². The summed E-state index contributed by atoms with van der Waals surface area (Å²) in [5, 5.41) is 2.95. The van der Waals surface area contributed by atoms with E-state index in [1.807, 2.05) is 0 Å². The molecule has 0 unspecified atom stereocenters. The van der Waals surface area contributed by atoms with Crippen LogP contribution in [0.25, 0.3) is 0 Å². The van der Waals surface area contributed by atoms with Crippen LogP contribution in [0.3, 0.4) is 0 Å². The van der Waals surface area contributed by atoms with Gasteiger partial charge in [0.2, 0.25) is 3.83 Å². The fourth-order valence-corrected chi connectivity index (χ4v) is 0.752.